The van der Waals surface area contributed by atoms with Gasteiger partial charge >= 0.3 is 13.2 Å². The summed E-state index contributed by atoms with van der Waals surface area (Å²) in [5, 5.41) is 20.6. The normalized spacial score (nSPS) is 20.4. The van der Waals surface area contributed by atoms with E-state index in [1.54, 1.807) is 20.8 Å². The highest BCUT2D eigenvalue weighted by atomic mass is 19.2. The van der Waals surface area contributed by atoms with Crippen LogP contribution in [0, 0.1) is 17.6 Å². The Bertz CT molecular complexity index is 1360. The number of H-pyrrole nitrogens is 1. The molecule has 0 saturated carbocycles. The SMILES string of the molecule is CN1CC2CCN(c3c(B(O)O)cnc4[nH]c5c(N(C)C(=O)OC(C)(C)C)cc(F)c(F)c5c34)C2C1. The molecule has 0 aliphatic carbocycles. The molecule has 0 spiro atoms. The first-order chi connectivity index (χ1) is 16.9. The molecule has 0 bridgehead atoms. The predicted molar refractivity (Wildman–Crippen MR) is 135 cm³/mol. The molecule has 12 heteroatoms. The van der Waals surface area contributed by atoms with E-state index in [2.05, 4.69) is 19.8 Å². The predicted octanol–water partition coefficient (Wildman–Crippen LogP) is 2.19. The van der Waals surface area contributed by atoms with Gasteiger partial charge < -0.3 is 29.6 Å². The number of hydrogen-bond donors (Lipinski definition) is 3. The van der Waals surface area contributed by atoms with Crippen molar-refractivity contribution in [3.05, 3.63) is 23.9 Å². The lowest BCUT2D eigenvalue weighted by Crippen LogP contribution is -2.42. The average Bonchev–Trinajstić information content (AvgIpc) is 3.45. The second kappa shape index (κ2) is 8.57. The molecular weight excluding hydrogens is 471 g/mol. The summed E-state index contributed by atoms with van der Waals surface area (Å²) >= 11 is 0. The Morgan fingerprint density at radius 1 is 1.28 bits per heavy atom. The summed E-state index contributed by atoms with van der Waals surface area (Å²) in [6, 6.07) is 1.03. The first kappa shape index (κ1) is 24.7. The van der Waals surface area contributed by atoms with E-state index in [1.807, 2.05) is 7.05 Å². The highest BCUT2D eigenvalue weighted by Gasteiger charge is 2.42. The fourth-order valence-corrected chi connectivity index (χ4v) is 5.58. The van der Waals surface area contributed by atoms with Crippen LogP contribution < -0.4 is 15.3 Å². The molecule has 9 nitrogen and oxygen atoms in total. The molecular formula is C24H30BF2N5O4. The second-order valence-corrected chi connectivity index (χ2v) is 10.8. The number of amides is 1. The molecule has 2 fully saturated rings. The first-order valence-corrected chi connectivity index (χ1v) is 12.0. The number of halogens is 2. The summed E-state index contributed by atoms with van der Waals surface area (Å²) in [5.41, 5.74) is 0.236. The second-order valence-electron chi connectivity index (χ2n) is 10.8. The molecule has 1 amide bonds. The number of likely N-dealkylation sites (tertiary alicyclic amines) is 1. The first-order valence-electron chi connectivity index (χ1n) is 12.0. The van der Waals surface area contributed by atoms with Gasteiger partial charge in [0.05, 0.1) is 27.7 Å². The minimum Gasteiger partial charge on any atom is -0.443 e. The van der Waals surface area contributed by atoms with Gasteiger partial charge in [0, 0.05) is 50.4 Å². The van der Waals surface area contributed by atoms with Crippen molar-refractivity contribution in [2.75, 3.05) is 43.5 Å². The fraction of sp³-hybridized carbons (Fsp3) is 0.500. The molecule has 2 aromatic heterocycles. The highest BCUT2D eigenvalue weighted by molar-refractivity contribution is 6.61. The minimum absolute atomic E-state index is 0.0769. The van der Waals surface area contributed by atoms with Gasteiger partial charge in [-0.25, -0.2) is 18.6 Å². The molecule has 3 N–H and O–H groups in total. The van der Waals surface area contributed by atoms with E-state index in [9.17, 15) is 14.8 Å². The molecule has 2 atom stereocenters. The molecule has 4 heterocycles. The summed E-state index contributed by atoms with van der Waals surface area (Å²) in [4.78, 5) is 25.5. The van der Waals surface area contributed by atoms with E-state index in [1.165, 1.54) is 13.2 Å². The number of ether oxygens (including phenoxy) is 1. The Morgan fingerprint density at radius 3 is 2.67 bits per heavy atom. The van der Waals surface area contributed by atoms with Crippen LogP contribution in [0.2, 0.25) is 0 Å². The van der Waals surface area contributed by atoms with Gasteiger partial charge in [-0.15, -0.1) is 0 Å². The standard InChI is InChI=1S/C24H30BF2N5O4/c1-24(2,3)36-23(33)31(5)15-8-14(26)19(27)17-18-21(32-7-6-12-10-30(4)11-16(12)32)13(25(34)35)9-28-22(18)29-20(15)17/h8-9,12,16,34-35H,6-7,10-11H2,1-5H3,(H,28,29). The number of aromatic nitrogens is 2. The van der Waals surface area contributed by atoms with E-state index in [4.69, 9.17) is 4.74 Å². The third-order valence-electron chi connectivity index (χ3n) is 7.10. The molecule has 192 valence electrons. The van der Waals surface area contributed by atoms with Crippen molar-refractivity contribution in [1.29, 1.82) is 0 Å². The minimum atomic E-state index is -1.86. The number of anilines is 2. The van der Waals surface area contributed by atoms with Gasteiger partial charge in [0.25, 0.3) is 0 Å². The molecule has 5 rings (SSSR count). The Kier molecular flexibility index (Phi) is 5.88. The lowest BCUT2D eigenvalue weighted by Gasteiger charge is -2.29. The number of likely N-dealkylation sites (N-methyl/N-ethyl adjacent to an activating group) is 1. The lowest BCUT2D eigenvalue weighted by atomic mass is 9.79. The molecule has 36 heavy (non-hydrogen) atoms. The van der Waals surface area contributed by atoms with Crippen LogP contribution in [0.3, 0.4) is 0 Å². The van der Waals surface area contributed by atoms with Crippen LogP contribution in [-0.4, -0.2) is 83.5 Å². The molecule has 2 unspecified atom stereocenters. The summed E-state index contributed by atoms with van der Waals surface area (Å²) in [7, 11) is 1.59. The van der Waals surface area contributed by atoms with E-state index >= 15 is 8.78 Å². The Balaban J connectivity index is 1.76. The average molecular weight is 501 g/mol. The number of hydrogen-bond acceptors (Lipinski definition) is 7. The van der Waals surface area contributed by atoms with Crippen molar-refractivity contribution in [2.45, 2.75) is 38.8 Å². The van der Waals surface area contributed by atoms with Crippen molar-refractivity contribution in [3.63, 3.8) is 0 Å². The summed E-state index contributed by atoms with van der Waals surface area (Å²) in [5.74, 6) is -1.87. The van der Waals surface area contributed by atoms with Gasteiger partial charge in [-0.3, -0.25) is 4.90 Å². The summed E-state index contributed by atoms with van der Waals surface area (Å²) in [6.45, 7) is 7.45. The van der Waals surface area contributed by atoms with Crippen LogP contribution in [0.25, 0.3) is 21.9 Å². The number of nitrogens with one attached hydrogen (secondary N) is 1. The van der Waals surface area contributed by atoms with Gasteiger partial charge in [0.15, 0.2) is 11.6 Å². The topological polar surface area (TPSA) is 105 Å². The monoisotopic (exact) mass is 501 g/mol. The van der Waals surface area contributed by atoms with Gasteiger partial charge in [-0.05, 0) is 40.2 Å². The Hall–Kier alpha value is -2.96. The maximum absolute atomic E-state index is 15.5. The van der Waals surface area contributed by atoms with Crippen LogP contribution in [0.4, 0.5) is 25.0 Å². The zero-order valence-corrected chi connectivity index (χ0v) is 21.0. The van der Waals surface area contributed by atoms with Crippen LogP contribution in [-0.2, 0) is 4.74 Å². The van der Waals surface area contributed by atoms with Crippen LogP contribution >= 0.6 is 0 Å². The van der Waals surface area contributed by atoms with Gasteiger partial charge in [0.2, 0.25) is 0 Å². The molecule has 0 radical (unpaired) electrons. The summed E-state index contributed by atoms with van der Waals surface area (Å²) in [6.07, 6.45) is 1.50. The van der Waals surface area contributed by atoms with E-state index < -0.39 is 30.4 Å². The molecule has 2 aliphatic rings. The Labute approximate surface area is 207 Å². The van der Waals surface area contributed by atoms with Crippen molar-refractivity contribution in [1.82, 2.24) is 14.9 Å². The van der Waals surface area contributed by atoms with E-state index in [0.717, 1.165) is 30.5 Å². The molecule has 3 aromatic rings. The highest BCUT2D eigenvalue weighted by Crippen LogP contribution is 2.42. The van der Waals surface area contributed by atoms with Crippen LogP contribution in [0.15, 0.2) is 12.3 Å². The third-order valence-corrected chi connectivity index (χ3v) is 7.10. The van der Waals surface area contributed by atoms with Crippen LogP contribution in [0.1, 0.15) is 27.2 Å². The molecule has 2 aliphatic heterocycles. The quantitative estimate of drug-likeness (QED) is 0.473. The van der Waals surface area contributed by atoms with Crippen LogP contribution in [0.5, 0.6) is 0 Å². The van der Waals surface area contributed by atoms with Crippen molar-refractivity contribution >= 4 is 52.0 Å². The van der Waals surface area contributed by atoms with E-state index in [-0.39, 0.29) is 39.1 Å². The van der Waals surface area contributed by atoms with Gasteiger partial charge in [-0.2, -0.15) is 0 Å². The number of carbonyl (C=O) groups is 1. The number of fused-ring (bicyclic) bond motifs is 4. The van der Waals surface area contributed by atoms with Gasteiger partial charge in [-0.1, -0.05) is 0 Å². The molecule has 1 aromatic carbocycles. The van der Waals surface area contributed by atoms with Gasteiger partial charge in [0.1, 0.15) is 11.2 Å². The zero-order chi connectivity index (χ0) is 26.1. The van der Waals surface area contributed by atoms with Crippen molar-refractivity contribution < 1.29 is 28.4 Å². The Morgan fingerprint density at radius 2 is 2.00 bits per heavy atom. The maximum atomic E-state index is 15.5. The third kappa shape index (κ3) is 3.97. The largest absolute Gasteiger partial charge is 0.492 e. The maximum Gasteiger partial charge on any atom is 0.492 e. The number of rotatable bonds is 3. The number of carbonyl (C=O) groups excluding carboxylic acids is 1. The molecule has 2 saturated heterocycles. The zero-order valence-electron chi connectivity index (χ0n) is 21.0. The smallest absolute Gasteiger partial charge is 0.443 e. The van der Waals surface area contributed by atoms with Crippen molar-refractivity contribution in [3.8, 4) is 0 Å². The van der Waals surface area contributed by atoms with E-state index in [0.29, 0.717) is 18.2 Å². The number of benzene rings is 1. The fourth-order valence-electron chi connectivity index (χ4n) is 5.58. The number of pyridine rings is 1. The summed E-state index contributed by atoms with van der Waals surface area (Å²) < 4.78 is 35.9. The van der Waals surface area contributed by atoms with Crippen molar-refractivity contribution in [2.24, 2.45) is 5.92 Å². The lowest BCUT2D eigenvalue weighted by molar-refractivity contribution is 0.0589. The number of nitrogens with zero attached hydrogens (tertiary/aromatic N) is 4. The number of aromatic amines is 1.